The lowest BCUT2D eigenvalue weighted by Crippen LogP contribution is -2.22. The summed E-state index contributed by atoms with van der Waals surface area (Å²) >= 11 is 0. The minimum absolute atomic E-state index is 0.316. The summed E-state index contributed by atoms with van der Waals surface area (Å²) in [5.41, 5.74) is 4.55. The molecule has 0 spiro atoms. The maximum Gasteiger partial charge on any atom is 0.173 e. The predicted molar refractivity (Wildman–Crippen MR) is 105 cm³/mol. The van der Waals surface area contributed by atoms with Gasteiger partial charge in [-0.3, -0.25) is 0 Å². The summed E-state index contributed by atoms with van der Waals surface area (Å²) < 4.78 is 0. The molecule has 0 saturated heterocycles. The van der Waals surface area contributed by atoms with Crippen molar-refractivity contribution >= 4 is 11.5 Å². The Balaban J connectivity index is 2.12. The number of nitrogens with one attached hydrogen (secondary N) is 1. The van der Waals surface area contributed by atoms with E-state index in [1.165, 1.54) is 7.11 Å². The number of hydrogen-bond donors (Lipinski definition) is 1. The molecule has 0 radical (unpaired) electrons. The molecule has 26 heavy (non-hydrogen) atoms. The van der Waals surface area contributed by atoms with Gasteiger partial charge in [-0.1, -0.05) is 52.6 Å². The summed E-state index contributed by atoms with van der Waals surface area (Å²) in [7, 11) is 3.31. The molecule has 5 nitrogen and oxygen atoms in total. The fourth-order valence-electron chi connectivity index (χ4n) is 2.34. The van der Waals surface area contributed by atoms with Gasteiger partial charge in [0.25, 0.3) is 0 Å². The highest BCUT2D eigenvalue weighted by molar-refractivity contribution is 6.00. The molecule has 0 fully saturated rings. The van der Waals surface area contributed by atoms with E-state index in [1.54, 1.807) is 7.05 Å². The van der Waals surface area contributed by atoms with Crippen LogP contribution in [0, 0.1) is 18.8 Å². The molecule has 0 aliphatic heterocycles. The van der Waals surface area contributed by atoms with E-state index < -0.39 is 0 Å². The molecule has 1 N–H and O–H groups in total. The van der Waals surface area contributed by atoms with Crippen LogP contribution >= 0.6 is 0 Å². The first-order chi connectivity index (χ1) is 12.7. The Kier molecular flexibility index (Phi) is 7.26. The summed E-state index contributed by atoms with van der Waals surface area (Å²) in [6.45, 7) is 4.16. The molecule has 0 amide bonds. The summed E-state index contributed by atoms with van der Waals surface area (Å²) in [6, 6.07) is 15.7. The van der Waals surface area contributed by atoms with Crippen molar-refractivity contribution < 1.29 is 9.68 Å². The summed E-state index contributed by atoms with van der Waals surface area (Å²) in [4.78, 5) is 10.4. The number of oxime groups is 2. The van der Waals surface area contributed by atoms with Gasteiger partial charge in [-0.25, -0.2) is 0 Å². The van der Waals surface area contributed by atoms with Crippen LogP contribution in [-0.4, -0.2) is 25.7 Å². The minimum atomic E-state index is 0.316. The number of hydrogen-bond acceptors (Lipinski definition) is 4. The van der Waals surface area contributed by atoms with Crippen LogP contribution in [0.15, 0.2) is 58.8 Å². The second-order valence-corrected chi connectivity index (χ2v) is 5.54. The van der Waals surface area contributed by atoms with Crippen LogP contribution in [0.5, 0.6) is 0 Å². The normalized spacial score (nSPS) is 11.4. The van der Waals surface area contributed by atoms with Crippen LogP contribution in [0.4, 0.5) is 0 Å². The number of rotatable bonds is 5. The zero-order valence-electron chi connectivity index (χ0n) is 15.5. The maximum absolute atomic E-state index is 5.53. The lowest BCUT2D eigenvalue weighted by Gasteiger charge is -2.13. The Morgan fingerprint density at radius 3 is 2.54 bits per heavy atom. The van der Waals surface area contributed by atoms with E-state index in [1.807, 2.05) is 62.4 Å². The molecule has 0 aliphatic rings. The molecular weight excluding hydrogens is 326 g/mol. The first-order valence-corrected chi connectivity index (χ1v) is 8.27. The molecule has 0 atom stereocenters. The van der Waals surface area contributed by atoms with Gasteiger partial charge < -0.3 is 15.0 Å². The zero-order valence-corrected chi connectivity index (χ0v) is 15.5. The highest BCUT2D eigenvalue weighted by Crippen LogP contribution is 2.16. The lowest BCUT2D eigenvalue weighted by atomic mass is 10.0. The van der Waals surface area contributed by atoms with Gasteiger partial charge in [-0.15, -0.1) is 0 Å². The van der Waals surface area contributed by atoms with E-state index in [4.69, 9.17) is 9.68 Å². The van der Waals surface area contributed by atoms with Gasteiger partial charge in [0.05, 0.1) is 0 Å². The number of amidine groups is 1. The Hall–Kier alpha value is -3.26. The van der Waals surface area contributed by atoms with Gasteiger partial charge in [-0.05, 0) is 37.5 Å². The molecule has 2 rings (SSSR count). The van der Waals surface area contributed by atoms with E-state index in [2.05, 4.69) is 27.5 Å². The number of benzene rings is 2. The first kappa shape index (κ1) is 19.1. The maximum atomic E-state index is 5.53. The van der Waals surface area contributed by atoms with E-state index >= 15 is 0 Å². The zero-order chi connectivity index (χ0) is 18.8. The SMILES string of the molecule is CN/C(=N/OC)c1cccc(C)c1CO/N=C(\C)C#Cc1ccccc1. The van der Waals surface area contributed by atoms with Gasteiger partial charge in [0, 0.05) is 23.7 Å². The third-order valence-electron chi connectivity index (χ3n) is 3.66. The third kappa shape index (κ3) is 5.38. The molecule has 0 aliphatic carbocycles. The highest BCUT2D eigenvalue weighted by Gasteiger charge is 2.11. The van der Waals surface area contributed by atoms with Crippen molar-refractivity contribution in [2.24, 2.45) is 10.3 Å². The molecule has 0 heterocycles. The predicted octanol–water partition coefficient (Wildman–Crippen LogP) is 3.47. The van der Waals surface area contributed by atoms with Crippen molar-refractivity contribution in [2.75, 3.05) is 14.2 Å². The van der Waals surface area contributed by atoms with Crippen molar-refractivity contribution in [1.82, 2.24) is 5.32 Å². The molecule has 5 heteroatoms. The van der Waals surface area contributed by atoms with Crippen molar-refractivity contribution in [3.05, 3.63) is 70.8 Å². The Labute approximate surface area is 154 Å². The lowest BCUT2D eigenvalue weighted by molar-refractivity contribution is 0.130. The fourth-order valence-corrected chi connectivity index (χ4v) is 2.34. The van der Waals surface area contributed by atoms with E-state index in [0.29, 0.717) is 18.2 Å². The van der Waals surface area contributed by atoms with Gasteiger partial charge in [0.1, 0.15) is 19.4 Å². The average Bonchev–Trinajstić information content (AvgIpc) is 2.66. The Morgan fingerprint density at radius 1 is 1.08 bits per heavy atom. The third-order valence-corrected chi connectivity index (χ3v) is 3.66. The second kappa shape index (κ2) is 9.90. The molecule has 0 aromatic heterocycles. The topological polar surface area (TPSA) is 55.2 Å². The van der Waals surface area contributed by atoms with Crippen LogP contribution in [0.25, 0.3) is 0 Å². The Bertz CT molecular complexity index is 847. The van der Waals surface area contributed by atoms with E-state index in [-0.39, 0.29) is 0 Å². The van der Waals surface area contributed by atoms with Gasteiger partial charge in [-0.2, -0.15) is 0 Å². The van der Waals surface area contributed by atoms with Crippen LogP contribution in [0.1, 0.15) is 29.2 Å². The van der Waals surface area contributed by atoms with E-state index in [9.17, 15) is 0 Å². The standard InChI is InChI=1S/C21H23N3O2/c1-16-9-8-12-19(21(22-3)24-25-4)20(16)15-26-23-17(2)13-14-18-10-6-5-7-11-18/h5-12H,15H2,1-4H3,(H,22,24)/b23-17+. The van der Waals surface area contributed by atoms with Crippen LogP contribution in [0.2, 0.25) is 0 Å². The second-order valence-electron chi connectivity index (χ2n) is 5.54. The van der Waals surface area contributed by atoms with Crippen LogP contribution in [0.3, 0.4) is 0 Å². The minimum Gasteiger partial charge on any atom is -0.397 e. The monoisotopic (exact) mass is 349 g/mol. The molecule has 2 aromatic rings. The van der Waals surface area contributed by atoms with Crippen molar-refractivity contribution in [1.29, 1.82) is 0 Å². The van der Waals surface area contributed by atoms with Gasteiger partial charge in [0.2, 0.25) is 0 Å². The Morgan fingerprint density at radius 2 is 1.85 bits per heavy atom. The molecular formula is C21H23N3O2. The summed E-state index contributed by atoms with van der Waals surface area (Å²) in [6.07, 6.45) is 0. The van der Waals surface area contributed by atoms with Crippen molar-refractivity contribution in [3.8, 4) is 11.8 Å². The molecule has 0 saturated carbocycles. The smallest absolute Gasteiger partial charge is 0.173 e. The summed E-state index contributed by atoms with van der Waals surface area (Å²) in [5.74, 6) is 6.68. The number of nitrogens with zero attached hydrogens (tertiary/aromatic N) is 2. The molecule has 134 valence electrons. The quantitative estimate of drug-likeness (QED) is 0.389. The van der Waals surface area contributed by atoms with Crippen LogP contribution < -0.4 is 5.32 Å². The molecule has 0 unspecified atom stereocenters. The molecule has 2 aromatic carbocycles. The summed E-state index contributed by atoms with van der Waals surface area (Å²) in [5, 5.41) is 11.1. The van der Waals surface area contributed by atoms with E-state index in [0.717, 1.165) is 22.3 Å². The largest absolute Gasteiger partial charge is 0.397 e. The molecule has 0 bridgehead atoms. The fraction of sp³-hybridized carbons (Fsp3) is 0.238. The highest BCUT2D eigenvalue weighted by atomic mass is 16.6. The average molecular weight is 349 g/mol. The first-order valence-electron chi connectivity index (χ1n) is 8.27. The van der Waals surface area contributed by atoms with Crippen molar-refractivity contribution in [2.45, 2.75) is 20.5 Å². The number of aryl methyl sites for hydroxylation is 1. The van der Waals surface area contributed by atoms with Gasteiger partial charge in [0.15, 0.2) is 5.84 Å². The van der Waals surface area contributed by atoms with Gasteiger partial charge >= 0.3 is 0 Å². The van der Waals surface area contributed by atoms with Crippen molar-refractivity contribution in [3.63, 3.8) is 0 Å². The van der Waals surface area contributed by atoms with Crippen LogP contribution in [-0.2, 0) is 16.3 Å².